The molecule has 3 heterocycles. The van der Waals surface area contributed by atoms with Crippen LogP contribution in [-0.2, 0) is 6.42 Å². The molecule has 0 amide bonds. The molecule has 2 aromatic heterocycles. The minimum absolute atomic E-state index is 0.735. The number of nitrogens with zero attached hydrogens (tertiary/aromatic N) is 4. The number of nitrogens with one attached hydrogen (secondary N) is 1. The van der Waals surface area contributed by atoms with Crippen LogP contribution in [0.3, 0.4) is 0 Å². The SMILES string of the molecule is Cc1ccc(-n2nnc(C3=NCCc4c3[nH]c3ccc(Cl)cc43)c2C)cc1. The van der Waals surface area contributed by atoms with Crippen LogP contribution < -0.4 is 0 Å². The molecule has 27 heavy (non-hydrogen) atoms. The number of aryl methyl sites for hydroxylation is 1. The van der Waals surface area contributed by atoms with Crippen molar-refractivity contribution >= 4 is 28.2 Å². The summed E-state index contributed by atoms with van der Waals surface area (Å²) in [5.41, 5.74) is 8.23. The van der Waals surface area contributed by atoms with Crippen molar-refractivity contribution < 1.29 is 0 Å². The minimum Gasteiger partial charge on any atom is -0.353 e. The molecular weight excluding hydrogens is 358 g/mol. The summed E-state index contributed by atoms with van der Waals surface area (Å²) in [7, 11) is 0. The molecular formula is C21H18ClN5. The van der Waals surface area contributed by atoms with Gasteiger partial charge in [-0.3, -0.25) is 4.99 Å². The van der Waals surface area contributed by atoms with E-state index in [1.807, 2.05) is 29.8 Å². The summed E-state index contributed by atoms with van der Waals surface area (Å²) in [6.45, 7) is 4.84. The van der Waals surface area contributed by atoms with E-state index in [0.717, 1.165) is 57.4 Å². The van der Waals surface area contributed by atoms with Crippen molar-refractivity contribution in [3.8, 4) is 5.69 Å². The van der Waals surface area contributed by atoms with Crippen molar-refractivity contribution in [2.45, 2.75) is 20.3 Å². The Labute approximate surface area is 161 Å². The van der Waals surface area contributed by atoms with Gasteiger partial charge in [-0.05, 0) is 56.2 Å². The van der Waals surface area contributed by atoms with Crippen LogP contribution in [0.15, 0.2) is 47.5 Å². The van der Waals surface area contributed by atoms with Gasteiger partial charge in [-0.2, -0.15) is 0 Å². The van der Waals surface area contributed by atoms with E-state index in [1.54, 1.807) is 0 Å². The highest BCUT2D eigenvalue weighted by Crippen LogP contribution is 2.30. The number of aliphatic imine (C=N–C) groups is 1. The van der Waals surface area contributed by atoms with Gasteiger partial charge in [0.2, 0.25) is 0 Å². The van der Waals surface area contributed by atoms with Gasteiger partial charge in [0.25, 0.3) is 0 Å². The van der Waals surface area contributed by atoms with Gasteiger partial charge in [0.1, 0.15) is 11.4 Å². The van der Waals surface area contributed by atoms with Gasteiger partial charge in [-0.25, -0.2) is 4.68 Å². The van der Waals surface area contributed by atoms with Crippen molar-refractivity contribution in [2.24, 2.45) is 4.99 Å². The monoisotopic (exact) mass is 375 g/mol. The number of fused-ring (bicyclic) bond motifs is 3. The lowest BCUT2D eigenvalue weighted by molar-refractivity contribution is 0.784. The molecule has 1 aliphatic rings. The van der Waals surface area contributed by atoms with Crippen LogP contribution >= 0.6 is 11.6 Å². The van der Waals surface area contributed by atoms with Crippen LogP contribution in [-0.4, -0.2) is 32.2 Å². The topological polar surface area (TPSA) is 58.9 Å². The van der Waals surface area contributed by atoms with E-state index >= 15 is 0 Å². The summed E-state index contributed by atoms with van der Waals surface area (Å²) in [5, 5.41) is 10.7. The number of H-pyrrole nitrogens is 1. The Kier molecular flexibility index (Phi) is 3.65. The number of aromatic amines is 1. The molecule has 4 aromatic rings. The van der Waals surface area contributed by atoms with Crippen LogP contribution in [0, 0.1) is 13.8 Å². The van der Waals surface area contributed by atoms with E-state index in [4.69, 9.17) is 16.6 Å². The van der Waals surface area contributed by atoms with Crippen LogP contribution in [0.25, 0.3) is 16.6 Å². The predicted octanol–water partition coefficient (Wildman–Crippen LogP) is 4.41. The van der Waals surface area contributed by atoms with E-state index in [1.165, 1.54) is 11.1 Å². The lowest BCUT2D eigenvalue weighted by Gasteiger charge is -2.12. The molecule has 0 unspecified atom stereocenters. The second-order valence-corrected chi connectivity index (χ2v) is 7.36. The fraction of sp³-hybridized carbons (Fsp3) is 0.190. The third-order valence-corrected chi connectivity index (χ3v) is 5.37. The van der Waals surface area contributed by atoms with Gasteiger partial charge in [0, 0.05) is 22.5 Å². The molecule has 0 bridgehead atoms. The Balaban J connectivity index is 1.64. The standard InChI is InChI=1S/C21H18ClN5/c1-12-3-6-15(7-4-12)27-13(2)19(25-26-27)21-20-16(9-10-23-21)17-11-14(22)5-8-18(17)24-20/h3-8,11,24H,9-10H2,1-2H3. The summed E-state index contributed by atoms with van der Waals surface area (Å²) in [6, 6.07) is 14.2. The number of benzene rings is 2. The Morgan fingerprint density at radius 1 is 1.07 bits per heavy atom. The van der Waals surface area contributed by atoms with E-state index in [-0.39, 0.29) is 0 Å². The number of rotatable bonds is 2. The van der Waals surface area contributed by atoms with Crippen molar-refractivity contribution in [3.05, 3.63) is 75.7 Å². The van der Waals surface area contributed by atoms with Crippen molar-refractivity contribution in [1.29, 1.82) is 0 Å². The predicted molar refractivity (Wildman–Crippen MR) is 108 cm³/mol. The molecule has 5 nitrogen and oxygen atoms in total. The zero-order valence-corrected chi connectivity index (χ0v) is 15.9. The summed E-state index contributed by atoms with van der Waals surface area (Å²) in [6.07, 6.45) is 0.893. The van der Waals surface area contributed by atoms with Gasteiger partial charge in [-0.1, -0.05) is 34.5 Å². The van der Waals surface area contributed by atoms with Gasteiger partial charge in [0.15, 0.2) is 0 Å². The summed E-state index contributed by atoms with van der Waals surface area (Å²) < 4.78 is 1.87. The second kappa shape index (κ2) is 6.06. The Bertz CT molecular complexity index is 1200. The Hall–Kier alpha value is -2.92. The van der Waals surface area contributed by atoms with Crippen molar-refractivity contribution in [3.63, 3.8) is 0 Å². The first-order valence-electron chi connectivity index (χ1n) is 8.96. The molecule has 5 rings (SSSR count). The molecule has 134 valence electrons. The normalized spacial score (nSPS) is 13.7. The van der Waals surface area contributed by atoms with E-state index in [0.29, 0.717) is 0 Å². The summed E-state index contributed by atoms with van der Waals surface area (Å²) in [4.78, 5) is 8.29. The quantitative estimate of drug-likeness (QED) is 0.564. The highest BCUT2D eigenvalue weighted by Gasteiger charge is 2.25. The summed E-state index contributed by atoms with van der Waals surface area (Å²) >= 11 is 6.21. The maximum atomic E-state index is 6.21. The number of aromatic nitrogens is 4. The fourth-order valence-electron chi connectivity index (χ4n) is 3.71. The lowest BCUT2D eigenvalue weighted by atomic mass is 10.00. The Morgan fingerprint density at radius 3 is 2.70 bits per heavy atom. The molecule has 0 saturated heterocycles. The molecule has 1 N–H and O–H groups in total. The number of hydrogen-bond acceptors (Lipinski definition) is 3. The van der Waals surface area contributed by atoms with Crippen LogP contribution in [0.4, 0.5) is 0 Å². The molecule has 0 atom stereocenters. The average Bonchev–Trinajstić information content (AvgIpc) is 3.23. The lowest BCUT2D eigenvalue weighted by Crippen LogP contribution is -2.15. The minimum atomic E-state index is 0.735. The van der Waals surface area contributed by atoms with Crippen molar-refractivity contribution in [2.75, 3.05) is 6.54 Å². The van der Waals surface area contributed by atoms with E-state index in [9.17, 15) is 0 Å². The number of halogens is 1. The van der Waals surface area contributed by atoms with Gasteiger partial charge < -0.3 is 4.98 Å². The van der Waals surface area contributed by atoms with Crippen molar-refractivity contribution in [1.82, 2.24) is 20.0 Å². The zero-order chi connectivity index (χ0) is 18.5. The molecule has 0 aliphatic carbocycles. The summed E-state index contributed by atoms with van der Waals surface area (Å²) in [5.74, 6) is 0. The van der Waals surface area contributed by atoms with Crippen LogP contribution in [0.1, 0.15) is 28.2 Å². The van der Waals surface area contributed by atoms with Gasteiger partial charge in [-0.15, -0.1) is 5.10 Å². The maximum Gasteiger partial charge on any atom is 0.136 e. The van der Waals surface area contributed by atoms with Gasteiger partial charge in [0.05, 0.1) is 17.1 Å². The first kappa shape index (κ1) is 16.3. The number of hydrogen-bond donors (Lipinski definition) is 1. The Morgan fingerprint density at radius 2 is 1.89 bits per heavy atom. The molecule has 0 radical (unpaired) electrons. The molecule has 0 spiro atoms. The second-order valence-electron chi connectivity index (χ2n) is 6.92. The van der Waals surface area contributed by atoms with Crippen LogP contribution in [0.2, 0.25) is 5.02 Å². The molecule has 0 saturated carbocycles. The first-order valence-corrected chi connectivity index (χ1v) is 9.34. The van der Waals surface area contributed by atoms with Crippen LogP contribution in [0.5, 0.6) is 0 Å². The molecule has 0 fully saturated rings. The molecule has 1 aliphatic heterocycles. The third-order valence-electron chi connectivity index (χ3n) is 5.13. The largest absolute Gasteiger partial charge is 0.353 e. The fourth-order valence-corrected chi connectivity index (χ4v) is 3.88. The average molecular weight is 376 g/mol. The maximum absolute atomic E-state index is 6.21. The smallest absolute Gasteiger partial charge is 0.136 e. The first-order chi connectivity index (χ1) is 13.1. The zero-order valence-electron chi connectivity index (χ0n) is 15.1. The molecule has 6 heteroatoms. The highest BCUT2D eigenvalue weighted by molar-refractivity contribution is 6.31. The highest BCUT2D eigenvalue weighted by atomic mass is 35.5. The third kappa shape index (κ3) is 2.58. The van der Waals surface area contributed by atoms with E-state index < -0.39 is 0 Å². The van der Waals surface area contributed by atoms with E-state index in [2.05, 4.69) is 46.5 Å². The molecule has 2 aromatic carbocycles. The van der Waals surface area contributed by atoms with Gasteiger partial charge >= 0.3 is 0 Å².